The summed E-state index contributed by atoms with van der Waals surface area (Å²) in [6.07, 6.45) is 0. The van der Waals surface area contributed by atoms with Gasteiger partial charge < -0.3 is 0 Å². The molecule has 2 nitrogen and oxygen atoms in total. The Morgan fingerprint density at radius 3 is 1.44 bits per heavy atom. The molecular formula is C13H28NOP. The first kappa shape index (κ1) is 16.1. The van der Waals surface area contributed by atoms with Crippen LogP contribution in [0.25, 0.3) is 0 Å². The molecule has 0 spiro atoms. The molecule has 0 saturated carbocycles. The van der Waals surface area contributed by atoms with Gasteiger partial charge in [-0.15, -0.1) is 0 Å². The van der Waals surface area contributed by atoms with Crippen molar-refractivity contribution in [2.24, 2.45) is 5.41 Å². The molecule has 0 radical (unpaired) electrons. The Bertz CT molecular complexity index is 253. The van der Waals surface area contributed by atoms with Crippen LogP contribution in [0.1, 0.15) is 62.3 Å². The summed E-state index contributed by atoms with van der Waals surface area (Å²) >= 11 is 0. The van der Waals surface area contributed by atoms with E-state index in [0.29, 0.717) is 5.52 Å². The molecule has 0 amide bonds. The highest BCUT2D eigenvalue weighted by Crippen LogP contribution is 2.52. The van der Waals surface area contributed by atoms with Crippen molar-refractivity contribution in [1.29, 1.82) is 0 Å². The SMILES string of the molecule is CC(C)(C)NP(C(=O)C(C)(C)C)C(C)(C)C. The van der Waals surface area contributed by atoms with E-state index in [9.17, 15) is 4.79 Å². The summed E-state index contributed by atoms with van der Waals surface area (Å²) in [5.41, 5.74) is 0.0712. The Balaban J connectivity index is 5.06. The van der Waals surface area contributed by atoms with Crippen molar-refractivity contribution in [3.8, 4) is 0 Å². The minimum absolute atomic E-state index is 0.00692. The van der Waals surface area contributed by atoms with E-state index >= 15 is 0 Å². The molecule has 1 atom stereocenters. The highest BCUT2D eigenvalue weighted by atomic mass is 31.1. The third-order valence-corrected chi connectivity index (χ3v) is 5.28. The van der Waals surface area contributed by atoms with E-state index in [1.54, 1.807) is 0 Å². The van der Waals surface area contributed by atoms with Crippen LogP contribution in [0.2, 0.25) is 0 Å². The van der Waals surface area contributed by atoms with Crippen LogP contribution in [0.3, 0.4) is 0 Å². The predicted octanol–water partition coefficient (Wildman–Crippen LogP) is 4.14. The van der Waals surface area contributed by atoms with Gasteiger partial charge in [-0.3, -0.25) is 9.88 Å². The summed E-state index contributed by atoms with van der Waals surface area (Å²) in [6.45, 7) is 18.8. The lowest BCUT2D eigenvalue weighted by Gasteiger charge is -2.39. The van der Waals surface area contributed by atoms with Crippen LogP contribution in [-0.4, -0.2) is 16.2 Å². The predicted molar refractivity (Wildman–Crippen MR) is 74.0 cm³/mol. The second kappa shape index (κ2) is 4.74. The van der Waals surface area contributed by atoms with Crippen molar-refractivity contribution >= 4 is 13.6 Å². The van der Waals surface area contributed by atoms with Crippen molar-refractivity contribution in [3.63, 3.8) is 0 Å². The zero-order chi connectivity index (χ0) is 13.4. The molecular weight excluding hydrogens is 217 g/mol. The third kappa shape index (κ3) is 5.41. The van der Waals surface area contributed by atoms with E-state index in [2.05, 4.69) is 46.6 Å². The summed E-state index contributed by atoms with van der Waals surface area (Å²) in [7, 11) is -0.828. The molecule has 1 unspecified atom stereocenters. The number of hydrogen-bond donors (Lipinski definition) is 1. The van der Waals surface area contributed by atoms with Gasteiger partial charge in [0.2, 0.25) is 0 Å². The molecule has 0 fully saturated rings. The number of hydrogen-bond acceptors (Lipinski definition) is 2. The van der Waals surface area contributed by atoms with E-state index in [0.717, 1.165) is 0 Å². The van der Waals surface area contributed by atoms with Crippen molar-refractivity contribution in [1.82, 2.24) is 5.09 Å². The van der Waals surface area contributed by atoms with Crippen LogP contribution in [0.15, 0.2) is 0 Å². The summed E-state index contributed by atoms with van der Waals surface area (Å²) in [6, 6.07) is 0. The zero-order valence-corrected chi connectivity index (χ0v) is 13.2. The van der Waals surface area contributed by atoms with Gasteiger partial charge in [-0.05, 0) is 20.8 Å². The fourth-order valence-electron chi connectivity index (χ4n) is 1.19. The van der Waals surface area contributed by atoms with Gasteiger partial charge in [0.25, 0.3) is 0 Å². The highest BCUT2D eigenvalue weighted by molar-refractivity contribution is 7.74. The van der Waals surface area contributed by atoms with Gasteiger partial charge in [0.15, 0.2) is 5.52 Å². The van der Waals surface area contributed by atoms with Crippen LogP contribution >= 0.6 is 8.07 Å². The molecule has 0 bridgehead atoms. The van der Waals surface area contributed by atoms with E-state index in [-0.39, 0.29) is 16.1 Å². The molecule has 0 aliphatic carbocycles. The lowest BCUT2D eigenvalue weighted by molar-refractivity contribution is -0.118. The quantitative estimate of drug-likeness (QED) is 0.741. The average molecular weight is 245 g/mol. The molecule has 0 aromatic carbocycles. The van der Waals surface area contributed by atoms with Gasteiger partial charge in [0.1, 0.15) is 0 Å². The first-order valence-corrected chi connectivity index (χ1v) is 7.22. The van der Waals surface area contributed by atoms with Crippen molar-refractivity contribution in [3.05, 3.63) is 0 Å². The number of rotatable bonds is 2. The standard InChI is InChI=1S/C13H28NOP/c1-11(2,3)10(15)16(13(7,8)9)14-12(4,5)6/h14H,1-9H3. The molecule has 0 aromatic heterocycles. The Morgan fingerprint density at radius 1 is 0.875 bits per heavy atom. The topological polar surface area (TPSA) is 29.1 Å². The Morgan fingerprint density at radius 2 is 1.25 bits per heavy atom. The monoisotopic (exact) mass is 245 g/mol. The van der Waals surface area contributed by atoms with Crippen LogP contribution < -0.4 is 5.09 Å². The maximum absolute atomic E-state index is 12.5. The van der Waals surface area contributed by atoms with E-state index in [1.165, 1.54) is 0 Å². The van der Waals surface area contributed by atoms with Crippen LogP contribution in [0.4, 0.5) is 0 Å². The maximum atomic E-state index is 12.5. The van der Waals surface area contributed by atoms with Crippen molar-refractivity contribution < 1.29 is 4.79 Å². The Hall–Kier alpha value is 0.0600. The second-order valence-electron chi connectivity index (χ2n) is 7.42. The van der Waals surface area contributed by atoms with Gasteiger partial charge in [-0.1, -0.05) is 41.5 Å². The molecule has 0 aromatic rings. The summed E-state index contributed by atoms with van der Waals surface area (Å²) in [5, 5.41) is 3.52. The largest absolute Gasteiger partial charge is 0.293 e. The smallest absolute Gasteiger partial charge is 0.175 e. The molecule has 0 heterocycles. The average Bonchev–Trinajstić information content (AvgIpc) is 1.93. The fraction of sp³-hybridized carbons (Fsp3) is 0.923. The summed E-state index contributed by atoms with van der Waals surface area (Å²) < 4.78 is 0. The number of nitrogens with one attached hydrogen (secondary N) is 1. The number of carbonyl (C=O) groups is 1. The second-order valence-corrected chi connectivity index (χ2v) is 10.1. The first-order chi connectivity index (χ1) is 6.75. The van der Waals surface area contributed by atoms with Crippen molar-refractivity contribution in [2.75, 3.05) is 0 Å². The third-order valence-electron chi connectivity index (χ3n) is 1.96. The molecule has 0 aliphatic heterocycles. The molecule has 0 rings (SSSR count). The van der Waals surface area contributed by atoms with E-state index in [4.69, 9.17) is 0 Å². The Labute approximate surface area is 102 Å². The van der Waals surface area contributed by atoms with Crippen LogP contribution in [0.5, 0.6) is 0 Å². The minimum atomic E-state index is -0.828. The van der Waals surface area contributed by atoms with Gasteiger partial charge in [0.05, 0.1) is 0 Å². The first-order valence-electron chi connectivity index (χ1n) is 5.87. The lowest BCUT2D eigenvalue weighted by Crippen LogP contribution is -2.41. The maximum Gasteiger partial charge on any atom is 0.175 e. The zero-order valence-electron chi connectivity index (χ0n) is 12.4. The van der Waals surface area contributed by atoms with Crippen LogP contribution in [0, 0.1) is 5.41 Å². The fourth-order valence-corrected chi connectivity index (χ4v) is 3.58. The highest BCUT2D eigenvalue weighted by Gasteiger charge is 2.39. The molecule has 0 saturated heterocycles. The van der Waals surface area contributed by atoms with Crippen LogP contribution in [-0.2, 0) is 4.79 Å². The summed E-state index contributed by atoms with van der Waals surface area (Å²) in [4.78, 5) is 12.5. The van der Waals surface area contributed by atoms with E-state index < -0.39 is 8.07 Å². The molecule has 3 heteroatoms. The van der Waals surface area contributed by atoms with Gasteiger partial charge in [-0.25, -0.2) is 0 Å². The van der Waals surface area contributed by atoms with E-state index in [1.807, 2.05) is 20.8 Å². The van der Waals surface area contributed by atoms with Gasteiger partial charge >= 0.3 is 0 Å². The normalized spacial score (nSPS) is 16.1. The molecule has 1 N–H and O–H groups in total. The van der Waals surface area contributed by atoms with Gasteiger partial charge in [-0.2, -0.15) is 0 Å². The van der Waals surface area contributed by atoms with Gasteiger partial charge in [0, 0.05) is 24.2 Å². The Kier molecular flexibility index (Phi) is 4.76. The molecule has 16 heavy (non-hydrogen) atoms. The summed E-state index contributed by atoms with van der Waals surface area (Å²) in [5.74, 6) is 0. The number of carbonyl (C=O) groups excluding carboxylic acids is 1. The lowest BCUT2D eigenvalue weighted by atomic mass is 9.99. The molecule has 96 valence electrons. The van der Waals surface area contributed by atoms with Crippen molar-refractivity contribution in [2.45, 2.75) is 73.0 Å². The molecule has 0 aliphatic rings. The minimum Gasteiger partial charge on any atom is -0.293 e.